The lowest BCUT2D eigenvalue weighted by atomic mass is 9.66. The number of pyridine rings is 1. The Labute approximate surface area is 230 Å². The number of amides is 1. The molecular formula is C29H38N8O2. The van der Waals surface area contributed by atoms with Gasteiger partial charge in [0.2, 0.25) is 5.91 Å². The van der Waals surface area contributed by atoms with E-state index in [4.69, 9.17) is 14.7 Å². The third kappa shape index (κ3) is 4.23. The number of fused-ring (bicyclic) bond motifs is 2. The molecule has 3 fully saturated rings. The van der Waals surface area contributed by atoms with Gasteiger partial charge in [0.15, 0.2) is 0 Å². The second-order valence-electron chi connectivity index (χ2n) is 12.1. The molecule has 6 rings (SSSR count). The smallest absolute Gasteiger partial charge is 0.242 e. The summed E-state index contributed by atoms with van der Waals surface area (Å²) in [5, 5.41) is 9.45. The Morgan fingerprint density at radius 3 is 2.54 bits per heavy atom. The first-order chi connectivity index (χ1) is 18.7. The Morgan fingerprint density at radius 1 is 1.10 bits per heavy atom. The molecule has 1 amide bonds. The van der Waals surface area contributed by atoms with E-state index in [0.717, 1.165) is 49.9 Å². The van der Waals surface area contributed by atoms with Crippen molar-refractivity contribution in [3.63, 3.8) is 0 Å². The van der Waals surface area contributed by atoms with Gasteiger partial charge in [0.25, 0.3) is 0 Å². The first-order valence-corrected chi connectivity index (χ1v) is 14.1. The lowest BCUT2D eigenvalue weighted by molar-refractivity contribution is -0.148. The fourth-order valence-electron chi connectivity index (χ4n) is 6.87. The van der Waals surface area contributed by atoms with Crippen LogP contribution in [0.3, 0.4) is 0 Å². The van der Waals surface area contributed by atoms with Crippen molar-refractivity contribution in [2.75, 3.05) is 55.7 Å². The molecule has 2 saturated heterocycles. The standard InChI is InChI=1S/C29H38N8O2/c1-20-17-36(27(38)28(3,4)34-10-12-39-13-11-34)21(2)16-35(20)25-24-26(33-19-32-25)37(18-29(24)7-5-8-29)23-14-22(15-30)6-9-31-23/h6,9,14,19-21H,5,7-8,10-13,16-18H2,1-4H3/t20-,21+/m0/s1. The highest BCUT2D eigenvalue weighted by atomic mass is 16.5. The van der Waals surface area contributed by atoms with Crippen LogP contribution in [0.25, 0.3) is 0 Å². The van der Waals surface area contributed by atoms with Crippen LogP contribution >= 0.6 is 0 Å². The molecule has 3 aliphatic heterocycles. The predicted octanol–water partition coefficient (Wildman–Crippen LogP) is 2.85. The molecule has 4 aliphatic rings. The monoisotopic (exact) mass is 530 g/mol. The number of morpholine rings is 1. The minimum Gasteiger partial charge on any atom is -0.379 e. The van der Waals surface area contributed by atoms with Crippen molar-refractivity contribution < 1.29 is 9.53 Å². The molecule has 2 atom stereocenters. The highest BCUT2D eigenvalue weighted by Gasteiger charge is 2.52. The molecule has 10 nitrogen and oxygen atoms in total. The summed E-state index contributed by atoms with van der Waals surface area (Å²) in [6.45, 7) is 13.5. The number of rotatable bonds is 4. The normalized spacial score (nSPS) is 24.8. The zero-order chi connectivity index (χ0) is 27.4. The molecule has 1 saturated carbocycles. The third-order valence-corrected chi connectivity index (χ3v) is 9.36. The summed E-state index contributed by atoms with van der Waals surface area (Å²) in [5.74, 6) is 2.82. The summed E-state index contributed by atoms with van der Waals surface area (Å²) < 4.78 is 5.53. The number of carbonyl (C=O) groups is 1. The van der Waals surface area contributed by atoms with Crippen molar-refractivity contribution in [1.82, 2.24) is 24.8 Å². The van der Waals surface area contributed by atoms with Gasteiger partial charge in [0.05, 0.1) is 30.4 Å². The van der Waals surface area contributed by atoms with Crippen LogP contribution < -0.4 is 9.80 Å². The second kappa shape index (κ2) is 9.72. The Balaban J connectivity index is 1.29. The van der Waals surface area contributed by atoms with Crippen molar-refractivity contribution in [3.05, 3.63) is 35.8 Å². The minimum absolute atomic E-state index is 0.00943. The number of piperazine rings is 1. The van der Waals surface area contributed by atoms with Crippen LogP contribution in [0.4, 0.5) is 17.5 Å². The van der Waals surface area contributed by atoms with Crippen LogP contribution in [-0.2, 0) is 14.9 Å². The zero-order valence-electron chi connectivity index (χ0n) is 23.4. The number of nitrogens with zero attached hydrogens (tertiary/aromatic N) is 8. The van der Waals surface area contributed by atoms with Gasteiger partial charge in [-0.2, -0.15) is 5.26 Å². The van der Waals surface area contributed by atoms with Crippen molar-refractivity contribution in [1.29, 1.82) is 5.26 Å². The Hall–Kier alpha value is -3.29. The summed E-state index contributed by atoms with van der Waals surface area (Å²) in [4.78, 5) is 37.0. The van der Waals surface area contributed by atoms with Crippen LogP contribution in [0.2, 0.25) is 0 Å². The number of carbonyl (C=O) groups excluding carboxylic acids is 1. The molecule has 0 radical (unpaired) electrons. The van der Waals surface area contributed by atoms with Crippen LogP contribution in [0, 0.1) is 11.3 Å². The van der Waals surface area contributed by atoms with E-state index in [1.54, 1.807) is 18.6 Å². The second-order valence-corrected chi connectivity index (χ2v) is 12.1. The molecule has 0 bridgehead atoms. The molecule has 0 aromatic carbocycles. The Bertz CT molecular complexity index is 1300. The van der Waals surface area contributed by atoms with E-state index in [2.05, 4.69) is 44.5 Å². The SMILES string of the molecule is C[C@@H]1CN(c2ncnc3c2C2(CCC2)CN3c2cc(C#N)ccn2)[C@@H](C)CN1C(=O)C(C)(C)N1CCOCC1. The molecule has 2 aromatic heterocycles. The van der Waals surface area contributed by atoms with Crippen molar-refractivity contribution in [2.45, 2.75) is 70.0 Å². The Morgan fingerprint density at radius 2 is 1.85 bits per heavy atom. The maximum Gasteiger partial charge on any atom is 0.242 e. The molecule has 0 N–H and O–H groups in total. The van der Waals surface area contributed by atoms with Gasteiger partial charge >= 0.3 is 0 Å². The zero-order valence-corrected chi connectivity index (χ0v) is 23.4. The molecule has 0 unspecified atom stereocenters. The average Bonchev–Trinajstić information content (AvgIpc) is 3.31. The maximum atomic E-state index is 13.9. The number of hydrogen-bond donors (Lipinski definition) is 0. The van der Waals surface area contributed by atoms with Crippen LogP contribution in [0.1, 0.15) is 58.1 Å². The van der Waals surface area contributed by atoms with Crippen LogP contribution in [-0.4, -0.2) is 94.2 Å². The van der Waals surface area contributed by atoms with E-state index in [1.807, 2.05) is 19.9 Å². The van der Waals surface area contributed by atoms with E-state index in [9.17, 15) is 10.1 Å². The third-order valence-electron chi connectivity index (χ3n) is 9.36. The lowest BCUT2D eigenvalue weighted by Crippen LogP contribution is -2.65. The molecule has 39 heavy (non-hydrogen) atoms. The Kier molecular flexibility index (Phi) is 6.47. The summed E-state index contributed by atoms with van der Waals surface area (Å²) in [7, 11) is 0. The van der Waals surface area contributed by atoms with Crippen molar-refractivity contribution >= 4 is 23.4 Å². The summed E-state index contributed by atoms with van der Waals surface area (Å²) >= 11 is 0. The van der Waals surface area contributed by atoms with Gasteiger partial charge in [0.1, 0.15) is 23.8 Å². The first kappa shape index (κ1) is 26.0. The van der Waals surface area contributed by atoms with Crippen LogP contribution in [0.5, 0.6) is 0 Å². The highest BCUT2D eigenvalue weighted by Crippen LogP contribution is 2.56. The molecule has 206 valence electrons. The fraction of sp³-hybridized carbons (Fsp3) is 0.621. The topological polar surface area (TPSA) is 102 Å². The number of aromatic nitrogens is 3. The largest absolute Gasteiger partial charge is 0.379 e. The molecule has 10 heteroatoms. The van der Waals surface area contributed by atoms with Gasteiger partial charge in [-0.1, -0.05) is 6.42 Å². The predicted molar refractivity (Wildman–Crippen MR) is 148 cm³/mol. The van der Waals surface area contributed by atoms with Gasteiger partial charge in [-0.3, -0.25) is 9.69 Å². The van der Waals surface area contributed by atoms with E-state index in [1.165, 1.54) is 12.0 Å². The quantitative estimate of drug-likeness (QED) is 0.590. The van der Waals surface area contributed by atoms with Crippen LogP contribution in [0.15, 0.2) is 24.7 Å². The average molecular weight is 531 g/mol. The first-order valence-electron chi connectivity index (χ1n) is 14.1. The van der Waals surface area contributed by atoms with Crippen molar-refractivity contribution in [2.24, 2.45) is 0 Å². The summed E-state index contributed by atoms with van der Waals surface area (Å²) in [6.07, 6.45) is 6.71. The molecule has 5 heterocycles. The highest BCUT2D eigenvalue weighted by molar-refractivity contribution is 5.86. The van der Waals surface area contributed by atoms with E-state index in [0.29, 0.717) is 31.9 Å². The van der Waals surface area contributed by atoms with E-state index >= 15 is 0 Å². The molecule has 2 aromatic rings. The van der Waals surface area contributed by atoms with Gasteiger partial charge in [0, 0.05) is 62.0 Å². The van der Waals surface area contributed by atoms with Crippen molar-refractivity contribution in [3.8, 4) is 6.07 Å². The number of anilines is 3. The maximum absolute atomic E-state index is 13.9. The molecule has 1 spiro atoms. The lowest BCUT2D eigenvalue weighted by Gasteiger charge is -2.50. The number of hydrogen-bond acceptors (Lipinski definition) is 9. The van der Waals surface area contributed by atoms with E-state index < -0.39 is 5.54 Å². The van der Waals surface area contributed by atoms with Gasteiger partial charge in [-0.25, -0.2) is 15.0 Å². The minimum atomic E-state index is -0.572. The summed E-state index contributed by atoms with van der Waals surface area (Å²) in [5.41, 5.74) is 1.21. The fourth-order valence-corrected chi connectivity index (χ4v) is 6.87. The van der Waals surface area contributed by atoms with Gasteiger partial charge in [-0.15, -0.1) is 0 Å². The number of nitriles is 1. The molecular weight excluding hydrogens is 492 g/mol. The van der Waals surface area contributed by atoms with Gasteiger partial charge < -0.3 is 19.4 Å². The van der Waals surface area contributed by atoms with E-state index in [-0.39, 0.29) is 23.4 Å². The summed E-state index contributed by atoms with van der Waals surface area (Å²) in [6, 6.07) is 5.96. The van der Waals surface area contributed by atoms with Gasteiger partial charge in [-0.05, 0) is 52.7 Å². The molecule has 1 aliphatic carbocycles. The number of ether oxygens (including phenoxy) is 1.